The zero-order chi connectivity index (χ0) is 12.6. The van der Waals surface area contributed by atoms with Crippen LogP contribution in [0, 0.1) is 0 Å². The SMILES string of the molecule is NC1(c2ccccc2-c2ccccc2Br)CNC1. The third-order valence-corrected chi connectivity index (χ3v) is 4.20. The van der Waals surface area contributed by atoms with Crippen LogP contribution in [0.15, 0.2) is 53.0 Å². The summed E-state index contributed by atoms with van der Waals surface area (Å²) in [5.41, 5.74) is 9.84. The Morgan fingerprint density at radius 1 is 0.944 bits per heavy atom. The normalized spacial score (nSPS) is 17.2. The average molecular weight is 303 g/mol. The maximum Gasteiger partial charge on any atom is 0.0668 e. The van der Waals surface area contributed by atoms with Gasteiger partial charge in [0, 0.05) is 17.6 Å². The molecular weight excluding hydrogens is 288 g/mol. The molecule has 1 saturated heterocycles. The van der Waals surface area contributed by atoms with Crippen molar-refractivity contribution in [1.82, 2.24) is 5.32 Å². The van der Waals surface area contributed by atoms with Crippen LogP contribution in [0.5, 0.6) is 0 Å². The maximum absolute atomic E-state index is 6.43. The minimum absolute atomic E-state index is 0.230. The molecule has 1 aliphatic rings. The van der Waals surface area contributed by atoms with E-state index in [2.05, 4.69) is 63.7 Å². The zero-order valence-corrected chi connectivity index (χ0v) is 11.6. The van der Waals surface area contributed by atoms with Gasteiger partial charge in [-0.1, -0.05) is 58.4 Å². The topological polar surface area (TPSA) is 38.0 Å². The first kappa shape index (κ1) is 11.9. The van der Waals surface area contributed by atoms with E-state index in [-0.39, 0.29) is 5.54 Å². The minimum Gasteiger partial charge on any atom is -0.319 e. The average Bonchev–Trinajstić information content (AvgIpc) is 2.37. The van der Waals surface area contributed by atoms with Crippen molar-refractivity contribution in [3.05, 3.63) is 58.6 Å². The third kappa shape index (κ3) is 1.88. The molecule has 0 aliphatic carbocycles. The van der Waals surface area contributed by atoms with Crippen molar-refractivity contribution in [3.63, 3.8) is 0 Å². The number of nitrogens with two attached hydrogens (primary N) is 1. The second kappa shape index (κ2) is 4.50. The number of hydrogen-bond donors (Lipinski definition) is 2. The Balaban J connectivity index is 2.16. The van der Waals surface area contributed by atoms with Gasteiger partial charge < -0.3 is 11.1 Å². The van der Waals surface area contributed by atoms with Gasteiger partial charge in [-0.2, -0.15) is 0 Å². The highest BCUT2D eigenvalue weighted by Crippen LogP contribution is 2.35. The minimum atomic E-state index is -0.230. The van der Waals surface area contributed by atoms with Crippen LogP contribution in [0.4, 0.5) is 0 Å². The summed E-state index contributed by atoms with van der Waals surface area (Å²) in [6.07, 6.45) is 0. The molecule has 92 valence electrons. The van der Waals surface area contributed by atoms with Gasteiger partial charge in [0.15, 0.2) is 0 Å². The van der Waals surface area contributed by atoms with Gasteiger partial charge in [0.1, 0.15) is 0 Å². The molecule has 0 amide bonds. The molecule has 0 atom stereocenters. The molecule has 0 aromatic heterocycles. The fourth-order valence-electron chi connectivity index (χ4n) is 2.42. The van der Waals surface area contributed by atoms with Crippen LogP contribution in [0.25, 0.3) is 11.1 Å². The molecule has 0 bridgehead atoms. The van der Waals surface area contributed by atoms with E-state index in [9.17, 15) is 0 Å². The fourth-order valence-corrected chi connectivity index (χ4v) is 2.91. The Bertz CT molecular complexity index is 576. The van der Waals surface area contributed by atoms with Gasteiger partial charge in [0.05, 0.1) is 5.54 Å². The molecule has 0 unspecified atom stereocenters. The molecular formula is C15H15BrN2. The Morgan fingerprint density at radius 2 is 1.56 bits per heavy atom. The first-order valence-electron chi connectivity index (χ1n) is 6.05. The molecule has 2 aromatic rings. The number of nitrogens with one attached hydrogen (secondary N) is 1. The van der Waals surface area contributed by atoms with Gasteiger partial charge in [-0.15, -0.1) is 0 Å². The zero-order valence-electron chi connectivity index (χ0n) is 9.99. The van der Waals surface area contributed by atoms with Crippen molar-refractivity contribution >= 4 is 15.9 Å². The van der Waals surface area contributed by atoms with Crippen molar-refractivity contribution in [1.29, 1.82) is 0 Å². The summed E-state index contributed by atoms with van der Waals surface area (Å²) in [7, 11) is 0. The van der Waals surface area contributed by atoms with Crippen molar-refractivity contribution in [2.75, 3.05) is 13.1 Å². The highest BCUT2D eigenvalue weighted by Gasteiger charge is 2.36. The van der Waals surface area contributed by atoms with Crippen LogP contribution in [-0.2, 0) is 5.54 Å². The molecule has 3 heteroatoms. The molecule has 3 N–H and O–H groups in total. The summed E-state index contributed by atoms with van der Waals surface area (Å²) in [6, 6.07) is 16.7. The van der Waals surface area contributed by atoms with Crippen LogP contribution in [0.3, 0.4) is 0 Å². The lowest BCUT2D eigenvalue weighted by Gasteiger charge is -2.40. The summed E-state index contributed by atoms with van der Waals surface area (Å²) in [5, 5.41) is 3.26. The summed E-state index contributed by atoms with van der Waals surface area (Å²) in [6.45, 7) is 1.68. The molecule has 2 nitrogen and oxygen atoms in total. The van der Waals surface area contributed by atoms with Crippen LogP contribution < -0.4 is 11.1 Å². The van der Waals surface area contributed by atoms with Crippen LogP contribution >= 0.6 is 15.9 Å². The lowest BCUT2D eigenvalue weighted by Crippen LogP contribution is -2.62. The van der Waals surface area contributed by atoms with E-state index in [1.807, 2.05) is 6.07 Å². The highest BCUT2D eigenvalue weighted by molar-refractivity contribution is 9.10. The molecule has 1 fully saturated rings. The Morgan fingerprint density at radius 3 is 2.17 bits per heavy atom. The maximum atomic E-state index is 6.43. The lowest BCUT2D eigenvalue weighted by atomic mass is 9.81. The summed E-state index contributed by atoms with van der Waals surface area (Å²) >= 11 is 3.62. The van der Waals surface area contributed by atoms with Gasteiger partial charge >= 0.3 is 0 Å². The van der Waals surface area contributed by atoms with Crippen molar-refractivity contribution in [2.24, 2.45) is 5.73 Å². The highest BCUT2D eigenvalue weighted by atomic mass is 79.9. The predicted octanol–water partition coefficient (Wildman–Crippen LogP) is 2.87. The van der Waals surface area contributed by atoms with E-state index < -0.39 is 0 Å². The number of hydrogen-bond acceptors (Lipinski definition) is 2. The molecule has 18 heavy (non-hydrogen) atoms. The monoisotopic (exact) mass is 302 g/mol. The molecule has 1 aliphatic heterocycles. The molecule has 0 spiro atoms. The first-order valence-corrected chi connectivity index (χ1v) is 6.84. The molecule has 2 aromatic carbocycles. The second-order valence-corrected chi connectivity index (χ2v) is 5.64. The number of rotatable bonds is 2. The molecule has 3 rings (SSSR count). The Kier molecular flexibility index (Phi) is 2.98. The van der Waals surface area contributed by atoms with Gasteiger partial charge in [0.2, 0.25) is 0 Å². The number of halogens is 1. The van der Waals surface area contributed by atoms with Crippen LogP contribution in [-0.4, -0.2) is 13.1 Å². The van der Waals surface area contributed by atoms with Crippen molar-refractivity contribution in [3.8, 4) is 11.1 Å². The van der Waals surface area contributed by atoms with Crippen LogP contribution in [0.1, 0.15) is 5.56 Å². The van der Waals surface area contributed by atoms with Crippen molar-refractivity contribution in [2.45, 2.75) is 5.54 Å². The van der Waals surface area contributed by atoms with E-state index in [4.69, 9.17) is 5.73 Å². The van der Waals surface area contributed by atoms with Gasteiger partial charge in [-0.3, -0.25) is 0 Å². The number of benzene rings is 2. The second-order valence-electron chi connectivity index (χ2n) is 4.79. The summed E-state index contributed by atoms with van der Waals surface area (Å²) in [5.74, 6) is 0. The predicted molar refractivity (Wildman–Crippen MR) is 78.3 cm³/mol. The van der Waals surface area contributed by atoms with E-state index in [0.717, 1.165) is 17.6 Å². The lowest BCUT2D eigenvalue weighted by molar-refractivity contribution is 0.288. The Hall–Kier alpha value is -1.16. The van der Waals surface area contributed by atoms with Gasteiger partial charge in [0.25, 0.3) is 0 Å². The smallest absolute Gasteiger partial charge is 0.0668 e. The van der Waals surface area contributed by atoms with E-state index in [1.165, 1.54) is 16.7 Å². The standard InChI is InChI=1S/C15H15BrN2/c16-14-8-4-2-6-12(14)11-5-1-3-7-13(11)15(17)9-18-10-15/h1-8,18H,9-10,17H2. The summed E-state index contributed by atoms with van der Waals surface area (Å²) < 4.78 is 1.10. The van der Waals surface area contributed by atoms with Gasteiger partial charge in [-0.25, -0.2) is 0 Å². The summed E-state index contributed by atoms with van der Waals surface area (Å²) in [4.78, 5) is 0. The van der Waals surface area contributed by atoms with Crippen molar-refractivity contribution < 1.29 is 0 Å². The fraction of sp³-hybridized carbons (Fsp3) is 0.200. The molecule has 0 radical (unpaired) electrons. The van der Waals surface area contributed by atoms with E-state index in [1.54, 1.807) is 0 Å². The van der Waals surface area contributed by atoms with Gasteiger partial charge in [-0.05, 0) is 22.8 Å². The first-order chi connectivity index (χ1) is 8.71. The molecule has 1 heterocycles. The van der Waals surface area contributed by atoms with E-state index in [0.29, 0.717) is 0 Å². The van der Waals surface area contributed by atoms with E-state index >= 15 is 0 Å². The van der Waals surface area contributed by atoms with Crippen LogP contribution in [0.2, 0.25) is 0 Å². The molecule has 0 saturated carbocycles. The third-order valence-electron chi connectivity index (χ3n) is 3.51. The Labute approximate surface area is 115 Å². The quantitative estimate of drug-likeness (QED) is 0.895. The largest absolute Gasteiger partial charge is 0.319 e.